The number of rotatable bonds is 3. The van der Waals surface area contributed by atoms with Gasteiger partial charge in [0.25, 0.3) is 11.6 Å². The van der Waals surface area contributed by atoms with Crippen LogP contribution in [0, 0.1) is 10.1 Å². The van der Waals surface area contributed by atoms with E-state index in [9.17, 15) is 14.9 Å². The number of carbonyl (C=O) groups excluding carboxylic acids is 1. The first kappa shape index (κ1) is 15.1. The highest BCUT2D eigenvalue weighted by Crippen LogP contribution is 2.31. The highest BCUT2D eigenvalue weighted by Gasteiger charge is 2.27. The summed E-state index contributed by atoms with van der Waals surface area (Å²) >= 11 is 5.73. The number of anilines is 1. The van der Waals surface area contributed by atoms with Gasteiger partial charge >= 0.3 is 0 Å². The number of fused-ring (bicyclic) bond motifs is 1. The lowest BCUT2D eigenvalue weighted by Crippen LogP contribution is -2.40. The minimum absolute atomic E-state index is 0.000763. The summed E-state index contributed by atoms with van der Waals surface area (Å²) in [5, 5.41) is 13.4. The van der Waals surface area contributed by atoms with Crippen molar-refractivity contribution in [2.24, 2.45) is 0 Å². The van der Waals surface area contributed by atoms with Gasteiger partial charge in [0, 0.05) is 11.8 Å². The molecule has 0 spiro atoms. The lowest BCUT2D eigenvalue weighted by molar-refractivity contribution is -0.384. The molecule has 8 heteroatoms. The minimum atomic E-state index is -0.848. The largest absolute Gasteiger partial charge is 0.485 e. The molecule has 0 aliphatic carbocycles. The van der Waals surface area contributed by atoms with Crippen LogP contribution < -0.4 is 14.8 Å². The highest BCUT2D eigenvalue weighted by atomic mass is 35.5. The van der Waals surface area contributed by atoms with Gasteiger partial charge in [-0.2, -0.15) is 0 Å². The molecule has 0 bridgehead atoms. The van der Waals surface area contributed by atoms with Crippen LogP contribution in [0.25, 0.3) is 0 Å². The van der Waals surface area contributed by atoms with Crippen LogP contribution in [-0.4, -0.2) is 23.5 Å². The van der Waals surface area contributed by atoms with Crippen LogP contribution in [0.4, 0.5) is 11.4 Å². The molecule has 23 heavy (non-hydrogen) atoms. The monoisotopic (exact) mass is 334 g/mol. The minimum Gasteiger partial charge on any atom is -0.485 e. The molecule has 3 rings (SSSR count). The van der Waals surface area contributed by atoms with Crippen molar-refractivity contribution in [3.63, 3.8) is 0 Å². The lowest BCUT2D eigenvalue weighted by atomic mass is 10.2. The molecular formula is C15H11ClN2O5. The van der Waals surface area contributed by atoms with E-state index in [0.717, 1.165) is 0 Å². The van der Waals surface area contributed by atoms with Gasteiger partial charge in [-0.3, -0.25) is 14.9 Å². The van der Waals surface area contributed by atoms with Crippen LogP contribution in [0.5, 0.6) is 11.5 Å². The molecule has 1 aliphatic heterocycles. The van der Waals surface area contributed by atoms with Gasteiger partial charge < -0.3 is 14.8 Å². The fourth-order valence-electron chi connectivity index (χ4n) is 2.10. The molecule has 1 aliphatic rings. The predicted octanol–water partition coefficient (Wildman–Crippen LogP) is 3.03. The van der Waals surface area contributed by atoms with Crippen LogP contribution in [0.15, 0.2) is 42.5 Å². The SMILES string of the molecule is O=C(Nc1ccc(Cl)c([N+](=O)[O-])c1)[C@H]1COc2ccccc2O1. The van der Waals surface area contributed by atoms with Crippen molar-refractivity contribution in [2.75, 3.05) is 11.9 Å². The van der Waals surface area contributed by atoms with Crippen LogP contribution >= 0.6 is 11.6 Å². The Morgan fingerprint density at radius 3 is 2.74 bits per heavy atom. The molecule has 0 fully saturated rings. The first-order valence-electron chi connectivity index (χ1n) is 6.68. The first-order valence-corrected chi connectivity index (χ1v) is 7.05. The van der Waals surface area contributed by atoms with Crippen molar-refractivity contribution in [3.05, 3.63) is 57.6 Å². The molecule has 0 aromatic heterocycles. The number of benzene rings is 2. The normalized spacial score (nSPS) is 15.8. The number of hydrogen-bond acceptors (Lipinski definition) is 5. The van der Waals surface area contributed by atoms with E-state index in [1.807, 2.05) is 0 Å². The Kier molecular flexibility index (Phi) is 4.03. The smallest absolute Gasteiger partial charge is 0.289 e. The fourth-order valence-corrected chi connectivity index (χ4v) is 2.29. The van der Waals surface area contributed by atoms with Crippen LogP contribution in [0.2, 0.25) is 5.02 Å². The van der Waals surface area contributed by atoms with Gasteiger partial charge in [-0.1, -0.05) is 23.7 Å². The van der Waals surface area contributed by atoms with E-state index < -0.39 is 16.9 Å². The Morgan fingerprint density at radius 1 is 1.26 bits per heavy atom. The molecule has 0 radical (unpaired) electrons. The second kappa shape index (κ2) is 6.13. The van der Waals surface area contributed by atoms with Gasteiger partial charge in [0.2, 0.25) is 6.10 Å². The Balaban J connectivity index is 1.73. The standard InChI is InChI=1S/C15H11ClN2O5/c16-10-6-5-9(7-11(10)18(20)21)17-15(19)14-8-22-12-3-1-2-4-13(12)23-14/h1-7,14H,8H2,(H,17,19)/t14-/m1/s1. The van der Waals surface area contributed by atoms with Crippen LogP contribution in [0.1, 0.15) is 0 Å². The molecule has 0 saturated carbocycles. The van der Waals surface area contributed by atoms with E-state index in [2.05, 4.69) is 5.32 Å². The molecule has 1 atom stereocenters. The maximum Gasteiger partial charge on any atom is 0.289 e. The van der Waals surface area contributed by atoms with Crippen LogP contribution in [-0.2, 0) is 4.79 Å². The fraction of sp³-hybridized carbons (Fsp3) is 0.133. The summed E-state index contributed by atoms with van der Waals surface area (Å²) in [6, 6.07) is 11.0. The predicted molar refractivity (Wildman–Crippen MR) is 83.1 cm³/mol. The Labute approximate surface area is 135 Å². The number of halogens is 1. The number of amides is 1. The van der Waals surface area contributed by atoms with Gasteiger partial charge in [0.05, 0.1) is 4.92 Å². The molecular weight excluding hydrogens is 324 g/mol. The summed E-state index contributed by atoms with van der Waals surface area (Å²) in [5.41, 5.74) is -0.0239. The Bertz CT molecular complexity index is 780. The average Bonchev–Trinajstić information content (AvgIpc) is 2.55. The molecule has 0 unspecified atom stereocenters. The second-order valence-electron chi connectivity index (χ2n) is 4.78. The first-order chi connectivity index (χ1) is 11.0. The van der Waals surface area contributed by atoms with E-state index in [1.165, 1.54) is 18.2 Å². The summed E-state index contributed by atoms with van der Waals surface area (Å²) in [4.78, 5) is 22.5. The number of nitrogens with zero attached hydrogens (tertiary/aromatic N) is 1. The number of nitrogens with one attached hydrogen (secondary N) is 1. The number of para-hydroxylation sites is 2. The number of nitro benzene ring substituents is 1. The highest BCUT2D eigenvalue weighted by molar-refractivity contribution is 6.32. The molecule has 0 saturated heterocycles. The van der Waals surface area contributed by atoms with Crippen molar-refractivity contribution in [3.8, 4) is 11.5 Å². The average molecular weight is 335 g/mol. The third-order valence-electron chi connectivity index (χ3n) is 3.21. The second-order valence-corrected chi connectivity index (χ2v) is 5.18. The maximum absolute atomic E-state index is 12.2. The third-order valence-corrected chi connectivity index (χ3v) is 3.53. The zero-order valence-corrected chi connectivity index (χ0v) is 12.4. The van der Waals surface area contributed by atoms with Gasteiger partial charge in [0.15, 0.2) is 11.5 Å². The van der Waals surface area contributed by atoms with E-state index >= 15 is 0 Å². The summed E-state index contributed by atoms with van der Waals surface area (Å²) in [6.45, 7) is 0.0541. The van der Waals surface area contributed by atoms with Crippen molar-refractivity contribution < 1.29 is 19.2 Å². The number of hydrogen-bond donors (Lipinski definition) is 1. The zero-order valence-electron chi connectivity index (χ0n) is 11.7. The molecule has 2 aromatic rings. The summed E-state index contributed by atoms with van der Waals surface area (Å²) in [7, 11) is 0. The topological polar surface area (TPSA) is 90.7 Å². The molecule has 7 nitrogen and oxygen atoms in total. The molecule has 1 amide bonds. The molecule has 118 valence electrons. The summed E-state index contributed by atoms with van der Waals surface area (Å²) < 4.78 is 11.0. The van der Waals surface area contributed by atoms with Gasteiger partial charge in [-0.15, -0.1) is 0 Å². The van der Waals surface area contributed by atoms with Crippen molar-refractivity contribution in [2.45, 2.75) is 6.10 Å². The van der Waals surface area contributed by atoms with Crippen LogP contribution in [0.3, 0.4) is 0 Å². The maximum atomic E-state index is 12.2. The van der Waals surface area contributed by atoms with E-state index in [1.54, 1.807) is 24.3 Å². The van der Waals surface area contributed by atoms with Gasteiger partial charge in [-0.05, 0) is 24.3 Å². The molecule has 2 aromatic carbocycles. The van der Waals surface area contributed by atoms with Crippen molar-refractivity contribution in [1.82, 2.24) is 0 Å². The van der Waals surface area contributed by atoms with Crippen molar-refractivity contribution >= 4 is 28.9 Å². The third kappa shape index (κ3) is 3.19. The number of carbonyl (C=O) groups is 1. The molecule has 1 heterocycles. The Hall–Kier alpha value is -2.80. The quantitative estimate of drug-likeness (QED) is 0.688. The van der Waals surface area contributed by atoms with Crippen molar-refractivity contribution in [1.29, 1.82) is 0 Å². The van der Waals surface area contributed by atoms with E-state index in [4.69, 9.17) is 21.1 Å². The van der Waals surface area contributed by atoms with E-state index in [0.29, 0.717) is 11.5 Å². The Morgan fingerprint density at radius 2 is 2.00 bits per heavy atom. The summed E-state index contributed by atoms with van der Waals surface area (Å²) in [5.74, 6) is 0.579. The van der Waals surface area contributed by atoms with E-state index in [-0.39, 0.29) is 23.0 Å². The van der Waals surface area contributed by atoms with Gasteiger partial charge in [-0.25, -0.2) is 0 Å². The lowest BCUT2D eigenvalue weighted by Gasteiger charge is -2.25. The van der Waals surface area contributed by atoms with Gasteiger partial charge in [0.1, 0.15) is 11.6 Å². The number of ether oxygens (including phenoxy) is 2. The molecule has 1 N–H and O–H groups in total. The zero-order chi connectivity index (χ0) is 16.4. The number of nitro groups is 1. The summed E-state index contributed by atoms with van der Waals surface area (Å²) in [6.07, 6.45) is -0.848.